The van der Waals surface area contributed by atoms with E-state index in [9.17, 15) is 9.59 Å². The Bertz CT molecular complexity index is 334. The zero-order chi connectivity index (χ0) is 13.8. The summed E-state index contributed by atoms with van der Waals surface area (Å²) < 4.78 is 0. The second-order valence-electron chi connectivity index (χ2n) is 4.30. The highest BCUT2D eigenvalue weighted by Crippen LogP contribution is 2.11. The Morgan fingerprint density at radius 2 is 1.89 bits per heavy atom. The smallest absolute Gasteiger partial charge is 0.219 e. The molecule has 0 aliphatic rings. The Balaban J connectivity index is 0.000000321. The molecule has 0 aliphatic heterocycles. The lowest BCUT2D eigenvalue weighted by atomic mass is 10.0. The first kappa shape index (κ1) is 16.4. The molecule has 0 atom stereocenters. The first-order chi connectivity index (χ1) is 8.61. The van der Waals surface area contributed by atoms with Crippen LogP contribution in [-0.2, 0) is 9.59 Å². The van der Waals surface area contributed by atoms with E-state index in [2.05, 4.69) is 43.4 Å². The molecule has 0 radical (unpaired) electrons. The summed E-state index contributed by atoms with van der Waals surface area (Å²) >= 11 is 0. The summed E-state index contributed by atoms with van der Waals surface area (Å²) in [7, 11) is 1.59. The molecule has 0 heterocycles. The summed E-state index contributed by atoms with van der Waals surface area (Å²) in [6.45, 7) is 4.41. The average Bonchev–Trinajstić information content (AvgIpc) is 2.40. The Morgan fingerprint density at radius 3 is 2.28 bits per heavy atom. The topological polar surface area (TPSA) is 46.2 Å². The second kappa shape index (κ2) is 10.5. The predicted octanol–water partition coefficient (Wildman–Crippen LogP) is 2.91. The zero-order valence-corrected chi connectivity index (χ0v) is 11.5. The Kier molecular flexibility index (Phi) is 9.55. The van der Waals surface area contributed by atoms with Crippen LogP contribution in [0.5, 0.6) is 0 Å². The van der Waals surface area contributed by atoms with E-state index in [0.717, 1.165) is 6.29 Å². The highest BCUT2D eigenvalue weighted by atomic mass is 16.1. The van der Waals surface area contributed by atoms with Crippen molar-refractivity contribution in [3.8, 4) is 0 Å². The van der Waals surface area contributed by atoms with Crippen molar-refractivity contribution < 1.29 is 9.59 Å². The van der Waals surface area contributed by atoms with E-state index in [1.54, 1.807) is 7.05 Å². The fraction of sp³-hybridized carbons (Fsp3) is 0.467. The molecule has 0 aromatic heterocycles. The molecule has 0 saturated heterocycles. The molecule has 3 nitrogen and oxygen atoms in total. The van der Waals surface area contributed by atoms with E-state index in [4.69, 9.17) is 0 Å². The third kappa shape index (κ3) is 8.50. The van der Waals surface area contributed by atoms with E-state index in [0.29, 0.717) is 25.2 Å². The Morgan fingerprint density at radius 1 is 1.28 bits per heavy atom. The van der Waals surface area contributed by atoms with Crippen LogP contribution in [0, 0.1) is 0 Å². The number of benzene rings is 1. The normalized spacial score (nSPS) is 9.33. The SMILES string of the molecule is CC(C)c1ccccc1.CNC(=O)CCCC=O. The van der Waals surface area contributed by atoms with Gasteiger partial charge in [0.1, 0.15) is 6.29 Å². The standard InChI is InChI=1S/C9H12.C6H11NO2/c1-8(2)9-6-4-3-5-7-9;1-7-6(9)4-2-3-5-8/h3-8H,1-2H3;5H,2-4H2,1H3,(H,7,9). The highest BCUT2D eigenvalue weighted by Gasteiger charge is 1.94. The fourth-order valence-electron chi connectivity index (χ4n) is 1.31. The number of nitrogens with one attached hydrogen (secondary N) is 1. The third-order valence-corrected chi connectivity index (χ3v) is 2.47. The van der Waals surface area contributed by atoms with Crippen molar-refractivity contribution in [1.29, 1.82) is 0 Å². The molecular formula is C15H23NO2. The van der Waals surface area contributed by atoms with Crippen LogP contribution in [0.4, 0.5) is 0 Å². The van der Waals surface area contributed by atoms with E-state index < -0.39 is 0 Å². The maximum Gasteiger partial charge on any atom is 0.219 e. The first-order valence-corrected chi connectivity index (χ1v) is 6.31. The number of aldehydes is 1. The van der Waals surface area contributed by atoms with Crippen molar-refractivity contribution in [1.82, 2.24) is 5.32 Å². The number of carbonyl (C=O) groups is 2. The minimum Gasteiger partial charge on any atom is -0.359 e. The van der Waals surface area contributed by atoms with Gasteiger partial charge in [-0.3, -0.25) is 4.79 Å². The molecule has 0 unspecified atom stereocenters. The van der Waals surface area contributed by atoms with Crippen LogP contribution in [0.25, 0.3) is 0 Å². The molecule has 1 rings (SSSR count). The maximum absolute atomic E-state index is 10.5. The van der Waals surface area contributed by atoms with Gasteiger partial charge in [0.25, 0.3) is 0 Å². The van der Waals surface area contributed by atoms with Gasteiger partial charge in [-0.2, -0.15) is 0 Å². The Labute approximate surface area is 110 Å². The third-order valence-electron chi connectivity index (χ3n) is 2.47. The van der Waals surface area contributed by atoms with Crippen molar-refractivity contribution in [2.75, 3.05) is 7.05 Å². The van der Waals surface area contributed by atoms with Gasteiger partial charge in [0, 0.05) is 19.9 Å². The molecule has 1 aromatic carbocycles. The number of hydrogen-bond acceptors (Lipinski definition) is 2. The average molecular weight is 249 g/mol. The van der Waals surface area contributed by atoms with Crippen LogP contribution in [0.2, 0.25) is 0 Å². The van der Waals surface area contributed by atoms with Crippen LogP contribution >= 0.6 is 0 Å². The zero-order valence-electron chi connectivity index (χ0n) is 11.5. The molecule has 0 saturated carbocycles. The molecule has 1 amide bonds. The molecule has 100 valence electrons. The summed E-state index contributed by atoms with van der Waals surface area (Å²) in [5.41, 5.74) is 1.41. The molecule has 0 aliphatic carbocycles. The number of amides is 1. The molecule has 1 aromatic rings. The van der Waals surface area contributed by atoms with Gasteiger partial charge in [0.15, 0.2) is 0 Å². The van der Waals surface area contributed by atoms with E-state index >= 15 is 0 Å². The predicted molar refractivity (Wildman–Crippen MR) is 74.5 cm³/mol. The maximum atomic E-state index is 10.5. The van der Waals surface area contributed by atoms with Crippen molar-refractivity contribution >= 4 is 12.2 Å². The van der Waals surface area contributed by atoms with Crippen LogP contribution in [-0.4, -0.2) is 19.2 Å². The monoisotopic (exact) mass is 249 g/mol. The molecule has 0 fully saturated rings. The minimum absolute atomic E-state index is 0.00292. The van der Waals surface area contributed by atoms with Gasteiger partial charge in [-0.25, -0.2) is 0 Å². The van der Waals surface area contributed by atoms with Gasteiger partial charge in [0.2, 0.25) is 5.91 Å². The van der Waals surface area contributed by atoms with Gasteiger partial charge in [-0.1, -0.05) is 44.2 Å². The van der Waals surface area contributed by atoms with Crippen molar-refractivity contribution in [3.05, 3.63) is 35.9 Å². The van der Waals surface area contributed by atoms with Crippen LogP contribution in [0.3, 0.4) is 0 Å². The largest absolute Gasteiger partial charge is 0.359 e. The van der Waals surface area contributed by atoms with Crippen LogP contribution in [0.1, 0.15) is 44.6 Å². The van der Waals surface area contributed by atoms with Gasteiger partial charge >= 0.3 is 0 Å². The Hall–Kier alpha value is -1.64. The minimum atomic E-state index is -0.00292. The number of unbranched alkanes of at least 4 members (excludes halogenated alkanes) is 1. The molecular weight excluding hydrogens is 226 g/mol. The number of rotatable bonds is 5. The second-order valence-corrected chi connectivity index (χ2v) is 4.30. The summed E-state index contributed by atoms with van der Waals surface area (Å²) in [5.74, 6) is 0.656. The lowest BCUT2D eigenvalue weighted by molar-refractivity contribution is -0.120. The molecule has 18 heavy (non-hydrogen) atoms. The van der Waals surface area contributed by atoms with Crippen LogP contribution in [0.15, 0.2) is 30.3 Å². The van der Waals surface area contributed by atoms with Gasteiger partial charge < -0.3 is 10.1 Å². The van der Waals surface area contributed by atoms with Crippen LogP contribution < -0.4 is 5.32 Å². The lowest BCUT2D eigenvalue weighted by Crippen LogP contribution is -2.16. The van der Waals surface area contributed by atoms with Crippen molar-refractivity contribution in [2.45, 2.75) is 39.0 Å². The summed E-state index contributed by atoms with van der Waals surface area (Å²) in [4.78, 5) is 20.2. The van der Waals surface area contributed by atoms with Gasteiger partial charge in [0.05, 0.1) is 0 Å². The quantitative estimate of drug-likeness (QED) is 0.644. The first-order valence-electron chi connectivity index (χ1n) is 6.31. The highest BCUT2D eigenvalue weighted by molar-refractivity contribution is 5.75. The fourth-order valence-corrected chi connectivity index (χ4v) is 1.31. The van der Waals surface area contributed by atoms with Crippen molar-refractivity contribution in [3.63, 3.8) is 0 Å². The number of hydrogen-bond donors (Lipinski definition) is 1. The van der Waals surface area contributed by atoms with E-state index in [1.165, 1.54) is 5.56 Å². The van der Waals surface area contributed by atoms with Gasteiger partial charge in [-0.05, 0) is 17.9 Å². The molecule has 0 spiro atoms. The molecule has 3 heteroatoms. The summed E-state index contributed by atoms with van der Waals surface area (Å²) in [5, 5.41) is 2.47. The summed E-state index contributed by atoms with van der Waals surface area (Å²) in [6, 6.07) is 10.5. The van der Waals surface area contributed by atoms with E-state index in [-0.39, 0.29) is 5.91 Å². The lowest BCUT2D eigenvalue weighted by Gasteiger charge is -2.01. The van der Waals surface area contributed by atoms with Crippen molar-refractivity contribution in [2.24, 2.45) is 0 Å². The molecule has 0 bridgehead atoms. The molecule has 1 N–H and O–H groups in total. The summed E-state index contributed by atoms with van der Waals surface area (Å²) in [6.07, 6.45) is 2.41. The van der Waals surface area contributed by atoms with Gasteiger partial charge in [-0.15, -0.1) is 0 Å². The number of carbonyl (C=O) groups excluding carboxylic acids is 2. The van der Waals surface area contributed by atoms with E-state index in [1.807, 2.05) is 6.07 Å².